The zero-order chi connectivity index (χ0) is 18.9. The van der Waals surface area contributed by atoms with Crippen molar-refractivity contribution >= 4 is 23.4 Å². The second kappa shape index (κ2) is 7.38. The summed E-state index contributed by atoms with van der Waals surface area (Å²) in [6.45, 7) is 0.595. The van der Waals surface area contributed by atoms with Crippen LogP contribution in [0.3, 0.4) is 0 Å². The molecule has 1 aromatic carbocycles. The van der Waals surface area contributed by atoms with Crippen LogP contribution >= 0.6 is 11.8 Å². The van der Waals surface area contributed by atoms with Gasteiger partial charge in [-0.15, -0.1) is 10.2 Å². The van der Waals surface area contributed by atoms with Crippen molar-refractivity contribution in [1.29, 1.82) is 0 Å². The molecule has 0 radical (unpaired) electrons. The number of anilines is 1. The van der Waals surface area contributed by atoms with Gasteiger partial charge in [0.25, 0.3) is 0 Å². The maximum atomic E-state index is 13.5. The van der Waals surface area contributed by atoms with E-state index in [0.717, 1.165) is 42.4 Å². The third-order valence-corrected chi connectivity index (χ3v) is 6.93. The zero-order valence-electron chi connectivity index (χ0n) is 15.7. The number of thioether (sulfide) groups is 1. The molecule has 2 aromatic rings. The van der Waals surface area contributed by atoms with Crippen LogP contribution in [0.2, 0.25) is 0 Å². The van der Waals surface area contributed by atoms with Gasteiger partial charge in [-0.2, -0.15) is 0 Å². The fraction of sp³-hybridized carbons (Fsp3) is 0.450. The third kappa shape index (κ3) is 3.36. The predicted molar refractivity (Wildman–Crippen MR) is 106 cm³/mol. The van der Waals surface area contributed by atoms with Crippen molar-refractivity contribution in [3.63, 3.8) is 0 Å². The number of hydrogen-bond donors (Lipinski definition) is 0. The highest BCUT2D eigenvalue weighted by Crippen LogP contribution is 2.46. The molecular formula is C20H24N4O2S. The molecule has 1 aliphatic carbocycles. The van der Waals surface area contributed by atoms with E-state index in [2.05, 4.69) is 10.2 Å². The molecule has 4 rings (SSSR count). The van der Waals surface area contributed by atoms with E-state index < -0.39 is 4.75 Å². The Balaban J connectivity index is 1.59. The van der Waals surface area contributed by atoms with Gasteiger partial charge in [-0.3, -0.25) is 4.79 Å². The molecule has 7 heteroatoms. The van der Waals surface area contributed by atoms with E-state index in [9.17, 15) is 4.79 Å². The highest BCUT2D eigenvalue weighted by atomic mass is 32.2. The summed E-state index contributed by atoms with van der Waals surface area (Å²) in [5, 5.41) is 9.56. The molecule has 1 amide bonds. The second-order valence-corrected chi connectivity index (χ2v) is 8.52. The molecule has 0 unspecified atom stereocenters. The van der Waals surface area contributed by atoms with Crippen molar-refractivity contribution in [1.82, 2.24) is 14.8 Å². The number of carbonyl (C=O) groups is 1. The number of para-hydroxylation sites is 1. The van der Waals surface area contributed by atoms with Gasteiger partial charge in [0.2, 0.25) is 5.91 Å². The molecule has 2 heterocycles. The lowest BCUT2D eigenvalue weighted by atomic mass is 10.1. The van der Waals surface area contributed by atoms with Crippen molar-refractivity contribution < 1.29 is 9.53 Å². The maximum absolute atomic E-state index is 13.5. The van der Waals surface area contributed by atoms with E-state index in [1.54, 1.807) is 22.9 Å². The zero-order valence-corrected chi connectivity index (χ0v) is 16.5. The standard InChI is InChI=1S/C20H24N4O2S/c1-23(16-8-4-3-5-9-16)18(25)20(11-6-7-12-20)27-19-22-21-17(24(19)2)15-10-13-26-14-15/h3-5,8-10,13,15H,6-7,11-12,14H2,1-2H3/t15-/m0/s1. The second-order valence-electron chi connectivity index (χ2n) is 7.17. The third-order valence-electron chi connectivity index (χ3n) is 5.42. The van der Waals surface area contributed by atoms with Crippen LogP contribution in [-0.2, 0) is 16.6 Å². The van der Waals surface area contributed by atoms with Crippen LogP contribution < -0.4 is 4.90 Å². The van der Waals surface area contributed by atoms with E-state index >= 15 is 0 Å². The molecule has 1 aromatic heterocycles. The lowest BCUT2D eigenvalue weighted by molar-refractivity contribution is -0.120. The fourth-order valence-corrected chi connectivity index (χ4v) is 5.20. The molecule has 0 bridgehead atoms. The van der Waals surface area contributed by atoms with E-state index in [1.165, 1.54) is 0 Å². The Hall–Kier alpha value is -2.28. The summed E-state index contributed by atoms with van der Waals surface area (Å²) in [6, 6.07) is 9.82. The average Bonchev–Trinajstić information content (AvgIpc) is 3.45. The smallest absolute Gasteiger partial charge is 0.243 e. The highest BCUT2D eigenvalue weighted by Gasteiger charge is 2.45. The van der Waals surface area contributed by atoms with Crippen molar-refractivity contribution in [2.45, 2.75) is 41.5 Å². The first-order valence-electron chi connectivity index (χ1n) is 9.30. The van der Waals surface area contributed by atoms with E-state index in [1.807, 2.05) is 55.1 Å². The monoisotopic (exact) mass is 384 g/mol. The minimum atomic E-state index is -0.481. The summed E-state index contributed by atoms with van der Waals surface area (Å²) in [6.07, 6.45) is 7.56. The summed E-state index contributed by atoms with van der Waals surface area (Å²) in [4.78, 5) is 15.2. The molecule has 0 spiro atoms. The van der Waals surface area contributed by atoms with Crippen LogP contribution in [0.1, 0.15) is 37.4 Å². The Morgan fingerprint density at radius 3 is 2.67 bits per heavy atom. The number of rotatable bonds is 5. The number of hydrogen-bond acceptors (Lipinski definition) is 5. The average molecular weight is 385 g/mol. The van der Waals surface area contributed by atoms with Gasteiger partial charge < -0.3 is 14.2 Å². The van der Waals surface area contributed by atoms with Crippen LogP contribution in [0.25, 0.3) is 0 Å². The van der Waals surface area contributed by atoms with Gasteiger partial charge >= 0.3 is 0 Å². The summed E-state index contributed by atoms with van der Waals surface area (Å²) >= 11 is 1.57. The van der Waals surface area contributed by atoms with Crippen LogP contribution in [0.5, 0.6) is 0 Å². The summed E-state index contributed by atoms with van der Waals surface area (Å²) in [5.74, 6) is 1.15. The van der Waals surface area contributed by atoms with Gasteiger partial charge in [-0.05, 0) is 31.1 Å². The van der Waals surface area contributed by atoms with Gasteiger partial charge in [0, 0.05) is 19.8 Å². The summed E-state index contributed by atoms with van der Waals surface area (Å²) in [5.41, 5.74) is 0.918. The predicted octanol–water partition coefficient (Wildman–Crippen LogP) is 3.51. The topological polar surface area (TPSA) is 60.3 Å². The number of benzene rings is 1. The van der Waals surface area contributed by atoms with Crippen LogP contribution in [0.15, 0.2) is 47.8 Å². The van der Waals surface area contributed by atoms with E-state index in [0.29, 0.717) is 6.61 Å². The number of amides is 1. The van der Waals surface area contributed by atoms with Crippen LogP contribution in [-0.4, -0.2) is 39.1 Å². The Labute approximate surface area is 163 Å². The molecule has 1 saturated carbocycles. The van der Waals surface area contributed by atoms with Gasteiger partial charge in [0.1, 0.15) is 17.2 Å². The number of ether oxygens (including phenoxy) is 1. The molecule has 142 valence electrons. The number of carbonyl (C=O) groups excluding carboxylic acids is 1. The molecule has 0 N–H and O–H groups in total. The Bertz CT molecular complexity index is 843. The lowest BCUT2D eigenvalue weighted by Crippen LogP contribution is -2.43. The fourth-order valence-electron chi connectivity index (χ4n) is 3.82. The largest absolute Gasteiger partial charge is 0.500 e. The minimum Gasteiger partial charge on any atom is -0.500 e. The quantitative estimate of drug-likeness (QED) is 0.789. The van der Waals surface area contributed by atoms with Crippen LogP contribution in [0, 0.1) is 0 Å². The van der Waals surface area contributed by atoms with Crippen molar-refractivity contribution in [3.05, 3.63) is 48.5 Å². The first-order valence-corrected chi connectivity index (χ1v) is 10.1. The molecule has 27 heavy (non-hydrogen) atoms. The Kier molecular flexibility index (Phi) is 4.95. The van der Waals surface area contributed by atoms with Crippen molar-refractivity contribution in [3.8, 4) is 0 Å². The first kappa shape index (κ1) is 18.1. The van der Waals surface area contributed by atoms with Crippen molar-refractivity contribution in [2.24, 2.45) is 7.05 Å². The summed E-state index contributed by atoms with van der Waals surface area (Å²) < 4.78 is 6.84. The molecule has 1 fully saturated rings. The minimum absolute atomic E-state index is 0.124. The SMILES string of the molecule is CN(C(=O)C1(Sc2nnc([C@H]3C=COC3)n2C)CCCC1)c1ccccc1. The molecule has 6 nitrogen and oxygen atoms in total. The van der Waals surface area contributed by atoms with Gasteiger partial charge in [0.05, 0.1) is 12.2 Å². The lowest BCUT2D eigenvalue weighted by Gasteiger charge is -2.31. The first-order chi connectivity index (χ1) is 13.1. The maximum Gasteiger partial charge on any atom is 0.243 e. The van der Waals surface area contributed by atoms with Gasteiger partial charge in [0.15, 0.2) is 5.16 Å². The van der Waals surface area contributed by atoms with E-state index in [4.69, 9.17) is 4.74 Å². The summed E-state index contributed by atoms with van der Waals surface area (Å²) in [7, 11) is 3.83. The van der Waals surface area contributed by atoms with Crippen LogP contribution in [0.4, 0.5) is 5.69 Å². The number of aromatic nitrogens is 3. The molecule has 1 aliphatic heterocycles. The highest BCUT2D eigenvalue weighted by molar-refractivity contribution is 8.01. The number of nitrogens with zero attached hydrogens (tertiary/aromatic N) is 4. The normalized spacial score (nSPS) is 20.6. The molecule has 1 atom stereocenters. The molecular weight excluding hydrogens is 360 g/mol. The Morgan fingerprint density at radius 2 is 2.00 bits per heavy atom. The Morgan fingerprint density at radius 1 is 1.26 bits per heavy atom. The van der Waals surface area contributed by atoms with Gasteiger partial charge in [-0.1, -0.05) is 42.8 Å². The molecule has 0 saturated heterocycles. The van der Waals surface area contributed by atoms with Crippen molar-refractivity contribution in [2.75, 3.05) is 18.6 Å². The molecule has 2 aliphatic rings. The van der Waals surface area contributed by atoms with E-state index in [-0.39, 0.29) is 11.8 Å². The van der Waals surface area contributed by atoms with Gasteiger partial charge in [-0.25, -0.2) is 0 Å².